The number of anilines is 2. The molecule has 0 spiro atoms. The summed E-state index contributed by atoms with van der Waals surface area (Å²) in [6.45, 7) is 4.23. The minimum Gasteiger partial charge on any atom is -0.481 e. The number of H-pyrrole nitrogens is 1. The lowest BCUT2D eigenvalue weighted by Crippen LogP contribution is -2.16. The first-order valence-corrected chi connectivity index (χ1v) is 11.4. The molecule has 0 radical (unpaired) electrons. The van der Waals surface area contributed by atoms with Crippen LogP contribution in [0.15, 0.2) is 54.6 Å². The second-order valence-corrected chi connectivity index (χ2v) is 8.70. The van der Waals surface area contributed by atoms with Gasteiger partial charge in [0.2, 0.25) is 5.88 Å². The number of pyridine rings is 1. The number of nitrogens with one attached hydrogen (secondary N) is 2. The van der Waals surface area contributed by atoms with Gasteiger partial charge in [-0.1, -0.05) is 38.1 Å². The van der Waals surface area contributed by atoms with Crippen LogP contribution in [0.4, 0.5) is 11.6 Å². The van der Waals surface area contributed by atoms with Crippen LogP contribution in [0.25, 0.3) is 28.2 Å². The van der Waals surface area contributed by atoms with E-state index in [4.69, 9.17) is 10.5 Å². The molecule has 9 nitrogen and oxygen atoms in total. The van der Waals surface area contributed by atoms with E-state index in [0.29, 0.717) is 33.8 Å². The van der Waals surface area contributed by atoms with E-state index >= 15 is 0 Å². The number of rotatable bonds is 8. The van der Waals surface area contributed by atoms with Gasteiger partial charge in [0, 0.05) is 17.3 Å². The summed E-state index contributed by atoms with van der Waals surface area (Å²) < 4.78 is 5.22. The Balaban J connectivity index is 1.73. The Morgan fingerprint density at radius 2 is 1.89 bits per heavy atom. The Labute approximate surface area is 208 Å². The fourth-order valence-corrected chi connectivity index (χ4v) is 3.80. The molecule has 36 heavy (non-hydrogen) atoms. The molecule has 9 heteroatoms. The van der Waals surface area contributed by atoms with E-state index in [0.717, 1.165) is 12.0 Å². The van der Waals surface area contributed by atoms with Gasteiger partial charge in [-0.25, -0.2) is 14.8 Å². The van der Waals surface area contributed by atoms with E-state index < -0.39 is 11.9 Å². The smallest absolute Gasteiger partial charge is 0.336 e. The molecular weight excluding hydrogens is 458 g/mol. The number of carbonyl (C=O) groups excluding carboxylic acids is 1. The summed E-state index contributed by atoms with van der Waals surface area (Å²) in [5, 5.41) is 12.8. The number of benzene rings is 2. The van der Waals surface area contributed by atoms with Gasteiger partial charge in [0.15, 0.2) is 5.95 Å². The Morgan fingerprint density at radius 3 is 2.61 bits per heavy atom. The number of aromatic amines is 1. The van der Waals surface area contributed by atoms with Gasteiger partial charge in [-0.3, -0.25) is 4.79 Å². The highest BCUT2D eigenvalue weighted by molar-refractivity contribution is 6.09. The number of hydrogen-bond acceptors (Lipinski definition) is 6. The van der Waals surface area contributed by atoms with Crippen LogP contribution in [0.2, 0.25) is 0 Å². The topological polar surface area (TPSA) is 143 Å². The number of carboxylic acid groups (broad SMARTS) is 1. The molecule has 4 aromatic rings. The molecule has 0 fully saturated rings. The summed E-state index contributed by atoms with van der Waals surface area (Å²) in [5.74, 6) is -0.626. The third-order valence-corrected chi connectivity index (χ3v) is 5.53. The Kier molecular flexibility index (Phi) is 7.00. The Hall–Kier alpha value is -4.66. The molecule has 0 unspecified atom stereocenters. The Bertz CT molecular complexity index is 1470. The molecule has 2 aromatic heterocycles. The lowest BCUT2D eigenvalue weighted by atomic mass is 9.95. The van der Waals surface area contributed by atoms with Crippen LogP contribution in [0.5, 0.6) is 5.88 Å². The van der Waals surface area contributed by atoms with Crippen LogP contribution in [0, 0.1) is 5.92 Å². The number of amides is 1. The molecular formula is C27H27N5O4. The second kappa shape index (κ2) is 10.3. The zero-order valence-corrected chi connectivity index (χ0v) is 20.2. The van der Waals surface area contributed by atoms with Crippen LogP contribution in [0.3, 0.4) is 0 Å². The minimum atomic E-state index is -1.10. The highest BCUT2D eigenvalue weighted by Crippen LogP contribution is 2.30. The van der Waals surface area contributed by atoms with Crippen LogP contribution in [0.1, 0.15) is 46.7 Å². The van der Waals surface area contributed by atoms with Crippen LogP contribution < -0.4 is 15.8 Å². The third kappa shape index (κ3) is 5.35. The largest absolute Gasteiger partial charge is 0.481 e. The lowest BCUT2D eigenvalue weighted by molar-refractivity contribution is 0.0697. The number of carboxylic acids is 1. The zero-order chi connectivity index (χ0) is 25.8. The van der Waals surface area contributed by atoms with Crippen molar-refractivity contribution in [1.82, 2.24) is 15.0 Å². The lowest BCUT2D eigenvalue weighted by Gasteiger charge is -2.14. The number of imidazole rings is 1. The molecule has 0 atom stereocenters. The zero-order valence-electron chi connectivity index (χ0n) is 20.2. The SMILES string of the molecule is COc1ccc(-c2ccc(C=CCC(C)C)cc2C(=O)O)c(C(=O)Nc2ccc3nc(N)[nH]c3c2)n1. The third-order valence-electron chi connectivity index (χ3n) is 5.53. The molecule has 2 aromatic carbocycles. The summed E-state index contributed by atoms with van der Waals surface area (Å²) in [4.78, 5) is 36.9. The van der Waals surface area contributed by atoms with E-state index in [9.17, 15) is 14.7 Å². The maximum atomic E-state index is 13.3. The molecule has 5 N–H and O–H groups in total. The number of nitrogen functional groups attached to an aromatic ring is 1. The van der Waals surface area contributed by atoms with Gasteiger partial charge in [-0.2, -0.15) is 0 Å². The summed E-state index contributed by atoms with van der Waals surface area (Å²) in [7, 11) is 1.45. The number of aromatic carboxylic acids is 1. The molecule has 0 saturated carbocycles. The van der Waals surface area contributed by atoms with Crippen molar-refractivity contribution in [3.05, 3.63) is 71.4 Å². The average Bonchev–Trinajstić information content (AvgIpc) is 3.22. The van der Waals surface area contributed by atoms with Crippen molar-refractivity contribution in [3.63, 3.8) is 0 Å². The van der Waals surface area contributed by atoms with Crippen molar-refractivity contribution in [1.29, 1.82) is 0 Å². The maximum absolute atomic E-state index is 13.3. The molecule has 0 aliphatic rings. The first-order chi connectivity index (χ1) is 17.2. The second-order valence-electron chi connectivity index (χ2n) is 8.70. The number of hydrogen-bond donors (Lipinski definition) is 4. The van der Waals surface area contributed by atoms with Crippen molar-refractivity contribution >= 4 is 40.6 Å². The van der Waals surface area contributed by atoms with Crippen molar-refractivity contribution in [2.75, 3.05) is 18.2 Å². The first-order valence-electron chi connectivity index (χ1n) is 11.4. The van der Waals surface area contributed by atoms with Gasteiger partial charge in [0.1, 0.15) is 5.69 Å². The molecule has 184 valence electrons. The number of ether oxygens (including phenoxy) is 1. The fourth-order valence-electron chi connectivity index (χ4n) is 3.80. The number of allylic oxidation sites excluding steroid dienone is 1. The number of carbonyl (C=O) groups is 2. The van der Waals surface area contributed by atoms with Crippen molar-refractivity contribution in [2.24, 2.45) is 5.92 Å². The van der Waals surface area contributed by atoms with Crippen LogP contribution in [-0.4, -0.2) is 39.0 Å². The van der Waals surface area contributed by atoms with Crippen molar-refractivity contribution in [3.8, 4) is 17.0 Å². The summed E-state index contributed by atoms with van der Waals surface area (Å²) in [6, 6.07) is 13.5. The van der Waals surface area contributed by atoms with E-state index in [1.54, 1.807) is 42.5 Å². The minimum absolute atomic E-state index is 0.0316. The van der Waals surface area contributed by atoms with E-state index in [1.807, 2.05) is 18.2 Å². The number of nitrogens with zero attached hydrogens (tertiary/aromatic N) is 2. The number of fused-ring (bicyclic) bond motifs is 1. The van der Waals surface area contributed by atoms with Crippen LogP contribution >= 0.6 is 0 Å². The maximum Gasteiger partial charge on any atom is 0.336 e. The highest BCUT2D eigenvalue weighted by Gasteiger charge is 2.21. The molecule has 0 aliphatic carbocycles. The average molecular weight is 486 g/mol. The molecule has 1 amide bonds. The van der Waals surface area contributed by atoms with Gasteiger partial charge in [0.05, 0.1) is 23.7 Å². The molecule has 2 heterocycles. The van der Waals surface area contributed by atoms with E-state index in [1.165, 1.54) is 7.11 Å². The van der Waals surface area contributed by atoms with Gasteiger partial charge in [0.25, 0.3) is 5.91 Å². The number of nitrogens with two attached hydrogens (primary N) is 1. The molecule has 0 saturated heterocycles. The van der Waals surface area contributed by atoms with E-state index in [2.05, 4.69) is 34.1 Å². The van der Waals surface area contributed by atoms with Gasteiger partial charge < -0.3 is 25.9 Å². The summed E-state index contributed by atoms with van der Waals surface area (Å²) in [6.07, 6.45) is 4.80. The highest BCUT2D eigenvalue weighted by atomic mass is 16.5. The molecule has 4 rings (SSSR count). The Morgan fingerprint density at radius 1 is 1.11 bits per heavy atom. The predicted molar refractivity (Wildman–Crippen MR) is 140 cm³/mol. The predicted octanol–water partition coefficient (Wildman–Crippen LogP) is 5.23. The molecule has 0 aliphatic heterocycles. The normalized spacial score (nSPS) is 11.3. The monoisotopic (exact) mass is 485 g/mol. The first kappa shape index (κ1) is 24.5. The summed E-state index contributed by atoms with van der Waals surface area (Å²) in [5.41, 5.74) is 9.14. The van der Waals surface area contributed by atoms with Crippen molar-refractivity contribution in [2.45, 2.75) is 20.3 Å². The fraction of sp³-hybridized carbons (Fsp3) is 0.185. The van der Waals surface area contributed by atoms with Gasteiger partial charge in [-0.15, -0.1) is 0 Å². The molecule has 0 bridgehead atoms. The van der Waals surface area contributed by atoms with E-state index in [-0.39, 0.29) is 23.1 Å². The standard InChI is InChI=1S/C27H27N5O4/c1-15(2)5-4-6-16-7-9-18(20(13-16)26(34)35)19-10-12-23(36-3)32-24(19)25(33)29-17-8-11-21-22(14-17)31-27(28)30-21/h4,6-15H,5H2,1-3H3,(H,29,33)(H,34,35)(H3,28,30,31). The van der Waals surface area contributed by atoms with Crippen LogP contribution in [-0.2, 0) is 0 Å². The van der Waals surface area contributed by atoms with Gasteiger partial charge in [-0.05, 0) is 53.8 Å². The number of methoxy groups -OCH3 is 1. The summed E-state index contributed by atoms with van der Waals surface area (Å²) >= 11 is 0. The van der Waals surface area contributed by atoms with Crippen molar-refractivity contribution < 1.29 is 19.4 Å². The number of aromatic nitrogens is 3. The quantitative estimate of drug-likeness (QED) is 0.268. The van der Waals surface area contributed by atoms with Gasteiger partial charge >= 0.3 is 5.97 Å².